The highest BCUT2D eigenvalue weighted by atomic mass is 79.9. The summed E-state index contributed by atoms with van der Waals surface area (Å²) in [5, 5.41) is 3.24. The number of anilines is 2. The van der Waals surface area contributed by atoms with Gasteiger partial charge in [-0.05, 0) is 55.5 Å². The average Bonchev–Trinajstić information content (AvgIpc) is 3.09. The lowest BCUT2D eigenvalue weighted by molar-refractivity contribution is 0.102. The summed E-state index contributed by atoms with van der Waals surface area (Å²) in [5.41, 5.74) is 2.38. The SMILES string of the molecule is Cc1ccc(S(=O)(=O)Nc2cccc(C(=O)Nc3nc4ccc(Br)cc4s3)c2)cc1. The first-order valence-electron chi connectivity index (χ1n) is 8.87. The first kappa shape index (κ1) is 20.5. The zero-order valence-corrected chi connectivity index (χ0v) is 18.9. The third kappa shape index (κ3) is 4.53. The number of aromatic nitrogens is 1. The van der Waals surface area contributed by atoms with Crippen LogP contribution in [-0.4, -0.2) is 19.3 Å². The lowest BCUT2D eigenvalue weighted by Crippen LogP contribution is -2.15. The molecule has 1 heterocycles. The van der Waals surface area contributed by atoms with E-state index in [2.05, 4.69) is 31.0 Å². The van der Waals surface area contributed by atoms with E-state index in [0.29, 0.717) is 16.4 Å². The number of thiazole rings is 1. The lowest BCUT2D eigenvalue weighted by atomic mass is 10.2. The average molecular weight is 502 g/mol. The minimum absolute atomic E-state index is 0.156. The van der Waals surface area contributed by atoms with Crippen molar-refractivity contribution >= 4 is 64.2 Å². The number of halogens is 1. The molecule has 0 saturated heterocycles. The maximum Gasteiger partial charge on any atom is 0.261 e. The molecule has 0 fully saturated rings. The third-order valence-electron chi connectivity index (χ3n) is 4.28. The topological polar surface area (TPSA) is 88.2 Å². The zero-order chi connectivity index (χ0) is 21.3. The van der Waals surface area contributed by atoms with Crippen LogP contribution in [-0.2, 0) is 10.0 Å². The molecule has 0 aliphatic rings. The Morgan fingerprint density at radius 2 is 1.80 bits per heavy atom. The van der Waals surface area contributed by atoms with Gasteiger partial charge in [0, 0.05) is 15.7 Å². The summed E-state index contributed by atoms with van der Waals surface area (Å²) < 4.78 is 29.6. The van der Waals surface area contributed by atoms with Crippen LogP contribution in [0.4, 0.5) is 10.8 Å². The number of rotatable bonds is 5. The monoisotopic (exact) mass is 501 g/mol. The molecular weight excluding hydrogens is 486 g/mol. The molecule has 30 heavy (non-hydrogen) atoms. The van der Waals surface area contributed by atoms with Gasteiger partial charge in [-0.25, -0.2) is 13.4 Å². The molecule has 0 unspecified atom stereocenters. The number of benzene rings is 3. The summed E-state index contributed by atoms with van der Waals surface area (Å²) in [6.45, 7) is 1.89. The first-order valence-corrected chi connectivity index (χ1v) is 12.0. The van der Waals surface area contributed by atoms with Crippen molar-refractivity contribution < 1.29 is 13.2 Å². The quantitative estimate of drug-likeness (QED) is 0.382. The normalized spacial score (nSPS) is 11.4. The summed E-state index contributed by atoms with van der Waals surface area (Å²) in [5.74, 6) is -0.371. The van der Waals surface area contributed by atoms with E-state index in [0.717, 1.165) is 20.3 Å². The fraction of sp³-hybridized carbons (Fsp3) is 0.0476. The number of nitrogens with one attached hydrogen (secondary N) is 2. The highest BCUT2D eigenvalue weighted by Crippen LogP contribution is 2.29. The molecule has 9 heteroatoms. The molecule has 1 amide bonds. The Morgan fingerprint density at radius 3 is 2.57 bits per heavy atom. The van der Waals surface area contributed by atoms with Gasteiger partial charge in [0.25, 0.3) is 15.9 Å². The molecule has 0 aliphatic heterocycles. The number of amides is 1. The molecular formula is C21H16BrN3O3S2. The predicted molar refractivity (Wildman–Crippen MR) is 124 cm³/mol. The van der Waals surface area contributed by atoms with Crippen molar-refractivity contribution in [1.82, 2.24) is 4.98 Å². The van der Waals surface area contributed by atoms with Crippen LogP contribution < -0.4 is 10.0 Å². The van der Waals surface area contributed by atoms with Crippen molar-refractivity contribution in [2.75, 3.05) is 10.0 Å². The molecule has 3 aromatic carbocycles. The van der Waals surface area contributed by atoms with Gasteiger partial charge in [-0.2, -0.15) is 0 Å². The van der Waals surface area contributed by atoms with Crippen molar-refractivity contribution in [2.45, 2.75) is 11.8 Å². The lowest BCUT2D eigenvalue weighted by Gasteiger charge is -2.10. The Bertz CT molecular complexity index is 1350. The highest BCUT2D eigenvalue weighted by Gasteiger charge is 2.16. The fourth-order valence-electron chi connectivity index (χ4n) is 2.78. The van der Waals surface area contributed by atoms with Crippen LogP contribution in [0.15, 0.2) is 76.1 Å². The Balaban J connectivity index is 1.53. The smallest absolute Gasteiger partial charge is 0.261 e. The van der Waals surface area contributed by atoms with Crippen LogP contribution in [0.5, 0.6) is 0 Å². The number of carbonyl (C=O) groups excluding carboxylic acids is 1. The van der Waals surface area contributed by atoms with Gasteiger partial charge in [-0.15, -0.1) is 0 Å². The van der Waals surface area contributed by atoms with E-state index in [9.17, 15) is 13.2 Å². The minimum Gasteiger partial charge on any atom is -0.298 e. The predicted octanol–water partition coefficient (Wildman–Crippen LogP) is 5.42. The van der Waals surface area contributed by atoms with Gasteiger partial charge in [0.2, 0.25) is 0 Å². The Kier molecular flexibility index (Phi) is 5.59. The summed E-state index contributed by atoms with van der Waals surface area (Å²) in [6.07, 6.45) is 0. The second-order valence-corrected chi connectivity index (χ2v) is 10.2. The molecule has 0 radical (unpaired) electrons. The number of sulfonamides is 1. The molecule has 4 aromatic rings. The Labute approximate surface area is 186 Å². The maximum atomic E-state index is 12.7. The summed E-state index contributed by atoms with van der Waals surface area (Å²) in [4.78, 5) is 17.2. The Hall–Kier alpha value is -2.75. The van der Waals surface area contributed by atoms with Crippen LogP contribution in [0.3, 0.4) is 0 Å². The van der Waals surface area contributed by atoms with Gasteiger partial charge >= 0.3 is 0 Å². The van der Waals surface area contributed by atoms with Crippen molar-refractivity contribution in [1.29, 1.82) is 0 Å². The van der Waals surface area contributed by atoms with Crippen LogP contribution >= 0.6 is 27.3 Å². The molecule has 4 rings (SSSR count). The van der Waals surface area contributed by atoms with Gasteiger partial charge < -0.3 is 0 Å². The van der Waals surface area contributed by atoms with Crippen LogP contribution in [0.25, 0.3) is 10.2 Å². The number of fused-ring (bicyclic) bond motifs is 1. The van der Waals surface area contributed by atoms with E-state index >= 15 is 0 Å². The molecule has 1 aromatic heterocycles. The molecule has 6 nitrogen and oxygen atoms in total. The molecule has 152 valence electrons. The van der Waals surface area contributed by atoms with Crippen LogP contribution in [0.1, 0.15) is 15.9 Å². The number of hydrogen-bond donors (Lipinski definition) is 2. The summed E-state index contributed by atoms with van der Waals surface area (Å²) in [7, 11) is -3.75. The van der Waals surface area contributed by atoms with Crippen LogP contribution in [0.2, 0.25) is 0 Å². The zero-order valence-electron chi connectivity index (χ0n) is 15.7. The molecule has 0 aliphatic carbocycles. The van der Waals surface area contributed by atoms with Gasteiger partial charge in [-0.1, -0.05) is 51.0 Å². The standard InChI is InChI=1S/C21H16BrN3O3S2/c1-13-5-8-17(9-6-13)30(27,28)25-16-4-2-3-14(11-16)20(26)24-21-23-18-10-7-15(22)12-19(18)29-21/h2-12,25H,1H3,(H,23,24,26). The number of aryl methyl sites for hydroxylation is 1. The van der Waals surface area contributed by atoms with E-state index in [1.165, 1.54) is 17.4 Å². The summed E-state index contributed by atoms with van der Waals surface area (Å²) in [6, 6.07) is 18.6. The van der Waals surface area contributed by atoms with Gasteiger partial charge in [-0.3, -0.25) is 14.8 Å². The Morgan fingerprint density at radius 1 is 1.03 bits per heavy atom. The van der Waals surface area contributed by atoms with Crippen molar-refractivity contribution in [2.24, 2.45) is 0 Å². The van der Waals surface area contributed by atoms with E-state index in [4.69, 9.17) is 0 Å². The highest BCUT2D eigenvalue weighted by molar-refractivity contribution is 9.10. The number of carbonyl (C=O) groups is 1. The molecule has 0 atom stereocenters. The van der Waals surface area contributed by atoms with Crippen molar-refractivity contribution in [3.63, 3.8) is 0 Å². The third-order valence-corrected chi connectivity index (χ3v) is 7.10. The largest absolute Gasteiger partial charge is 0.298 e. The first-order chi connectivity index (χ1) is 14.3. The molecule has 0 spiro atoms. The maximum absolute atomic E-state index is 12.7. The van der Waals surface area contributed by atoms with Gasteiger partial charge in [0.05, 0.1) is 15.1 Å². The van der Waals surface area contributed by atoms with E-state index < -0.39 is 10.0 Å². The number of hydrogen-bond acceptors (Lipinski definition) is 5. The second kappa shape index (κ2) is 8.17. The minimum atomic E-state index is -3.75. The van der Waals surface area contributed by atoms with E-state index in [-0.39, 0.29) is 10.8 Å². The van der Waals surface area contributed by atoms with Gasteiger partial charge in [0.1, 0.15) is 0 Å². The van der Waals surface area contributed by atoms with Crippen molar-refractivity contribution in [3.05, 3.63) is 82.3 Å². The molecule has 0 saturated carbocycles. The van der Waals surface area contributed by atoms with E-state index in [1.54, 1.807) is 42.5 Å². The second-order valence-electron chi connectivity index (χ2n) is 6.58. The fourth-order valence-corrected chi connectivity index (χ4v) is 5.24. The molecule has 2 N–H and O–H groups in total. The van der Waals surface area contributed by atoms with Crippen LogP contribution in [0, 0.1) is 6.92 Å². The van der Waals surface area contributed by atoms with Crippen molar-refractivity contribution in [3.8, 4) is 0 Å². The van der Waals surface area contributed by atoms with Gasteiger partial charge in [0.15, 0.2) is 5.13 Å². The van der Waals surface area contributed by atoms with E-state index in [1.807, 2.05) is 25.1 Å². The molecule has 0 bridgehead atoms. The number of nitrogens with zero attached hydrogens (tertiary/aromatic N) is 1. The summed E-state index contributed by atoms with van der Waals surface area (Å²) >= 11 is 4.78.